The normalized spacial score (nSPS) is 11.8. The van der Waals surface area contributed by atoms with Crippen LogP contribution in [0.15, 0.2) is 23.8 Å². The molecule has 0 saturated heterocycles. The lowest BCUT2D eigenvalue weighted by atomic mass is 9.86. The van der Waals surface area contributed by atoms with E-state index in [2.05, 4.69) is 0 Å². The molecule has 0 atom stereocenters. The quantitative estimate of drug-likeness (QED) is 0.669. The molecule has 0 aliphatic carbocycles. The summed E-state index contributed by atoms with van der Waals surface area (Å²) in [7, 11) is 1.45. The largest absolute Gasteiger partial charge is 0.504 e. The number of nitriles is 1. The number of aromatic hydroxyl groups is 1. The Labute approximate surface area is 112 Å². The van der Waals surface area contributed by atoms with E-state index in [-0.39, 0.29) is 17.1 Å². The number of carbonyl (C=O) groups excluding carboxylic acids is 1. The van der Waals surface area contributed by atoms with Gasteiger partial charge in [0.25, 0.3) is 0 Å². The Hall–Kier alpha value is -2.28. The van der Waals surface area contributed by atoms with Crippen LogP contribution in [0.4, 0.5) is 0 Å². The van der Waals surface area contributed by atoms with Gasteiger partial charge in [-0.15, -0.1) is 0 Å². The number of carbonyl (C=O) groups is 1. The number of rotatable bonds is 3. The van der Waals surface area contributed by atoms with Crippen LogP contribution in [0, 0.1) is 16.7 Å². The molecule has 0 aromatic heterocycles. The van der Waals surface area contributed by atoms with Crippen LogP contribution in [-0.2, 0) is 4.79 Å². The molecule has 0 fully saturated rings. The van der Waals surface area contributed by atoms with Gasteiger partial charge in [-0.2, -0.15) is 5.26 Å². The van der Waals surface area contributed by atoms with Gasteiger partial charge in [0.05, 0.1) is 12.7 Å². The fourth-order valence-electron chi connectivity index (χ4n) is 1.52. The highest BCUT2D eigenvalue weighted by atomic mass is 16.5. The molecule has 19 heavy (non-hydrogen) atoms. The molecule has 0 bridgehead atoms. The fraction of sp³-hybridized carbons (Fsp3) is 0.333. The molecular weight excluding hydrogens is 242 g/mol. The topological polar surface area (TPSA) is 70.3 Å². The number of nitrogens with zero attached hydrogens (tertiary/aromatic N) is 1. The summed E-state index contributed by atoms with van der Waals surface area (Å²) in [5.41, 5.74) is 0.0281. The average molecular weight is 259 g/mol. The van der Waals surface area contributed by atoms with Gasteiger partial charge in [-0.05, 0) is 23.8 Å². The van der Waals surface area contributed by atoms with E-state index in [1.165, 1.54) is 19.3 Å². The summed E-state index contributed by atoms with van der Waals surface area (Å²) in [4.78, 5) is 12.0. The summed E-state index contributed by atoms with van der Waals surface area (Å²) in [5.74, 6) is 0.0832. The van der Waals surface area contributed by atoms with Crippen molar-refractivity contribution in [3.63, 3.8) is 0 Å². The minimum absolute atomic E-state index is 0.0308. The molecule has 0 aliphatic heterocycles. The smallest absolute Gasteiger partial charge is 0.178 e. The van der Waals surface area contributed by atoms with Crippen LogP contribution in [-0.4, -0.2) is 18.0 Å². The number of ketones is 1. The molecule has 0 amide bonds. The Morgan fingerprint density at radius 1 is 1.42 bits per heavy atom. The van der Waals surface area contributed by atoms with E-state index in [9.17, 15) is 9.90 Å². The third-order valence-electron chi connectivity index (χ3n) is 2.56. The lowest BCUT2D eigenvalue weighted by molar-refractivity contribution is -0.121. The van der Waals surface area contributed by atoms with Crippen molar-refractivity contribution >= 4 is 11.9 Å². The van der Waals surface area contributed by atoms with Crippen molar-refractivity contribution in [2.24, 2.45) is 5.41 Å². The molecule has 1 rings (SSSR count). The molecule has 0 aliphatic rings. The number of benzene rings is 1. The Balaban J connectivity index is 3.17. The zero-order valence-electron chi connectivity index (χ0n) is 11.5. The van der Waals surface area contributed by atoms with E-state index in [1.807, 2.05) is 6.07 Å². The highest BCUT2D eigenvalue weighted by Gasteiger charge is 2.24. The molecule has 0 heterocycles. The van der Waals surface area contributed by atoms with Gasteiger partial charge in [0.15, 0.2) is 17.3 Å². The highest BCUT2D eigenvalue weighted by molar-refractivity contribution is 6.06. The van der Waals surface area contributed by atoms with Gasteiger partial charge in [-0.25, -0.2) is 0 Å². The third kappa shape index (κ3) is 3.59. The molecule has 4 nitrogen and oxygen atoms in total. The van der Waals surface area contributed by atoms with Crippen LogP contribution >= 0.6 is 0 Å². The van der Waals surface area contributed by atoms with Gasteiger partial charge in [0.1, 0.15) is 6.07 Å². The van der Waals surface area contributed by atoms with Gasteiger partial charge >= 0.3 is 0 Å². The molecule has 0 spiro atoms. The second-order valence-electron chi connectivity index (χ2n) is 5.18. The lowest BCUT2D eigenvalue weighted by Crippen LogP contribution is -2.21. The van der Waals surface area contributed by atoms with Crippen LogP contribution in [0.2, 0.25) is 0 Å². The Morgan fingerprint density at radius 2 is 2.05 bits per heavy atom. The first-order valence-corrected chi connectivity index (χ1v) is 5.83. The van der Waals surface area contributed by atoms with Crippen molar-refractivity contribution in [3.05, 3.63) is 29.3 Å². The minimum Gasteiger partial charge on any atom is -0.504 e. The van der Waals surface area contributed by atoms with Crippen molar-refractivity contribution in [1.82, 2.24) is 0 Å². The minimum atomic E-state index is -0.615. The maximum absolute atomic E-state index is 12.0. The van der Waals surface area contributed by atoms with Crippen molar-refractivity contribution in [1.29, 1.82) is 5.26 Å². The predicted octanol–water partition coefficient (Wildman–Crippen LogP) is 2.92. The second kappa shape index (κ2) is 5.57. The third-order valence-corrected chi connectivity index (χ3v) is 2.56. The average Bonchev–Trinajstić information content (AvgIpc) is 2.34. The molecule has 0 unspecified atom stereocenters. The summed E-state index contributed by atoms with van der Waals surface area (Å²) in [6.45, 7) is 5.27. The first-order valence-electron chi connectivity index (χ1n) is 5.83. The van der Waals surface area contributed by atoms with Crippen LogP contribution < -0.4 is 4.74 Å². The predicted molar refractivity (Wildman–Crippen MR) is 72.7 cm³/mol. The Bertz CT molecular complexity index is 560. The molecule has 1 aromatic rings. The number of hydrogen-bond donors (Lipinski definition) is 1. The first kappa shape index (κ1) is 14.8. The second-order valence-corrected chi connectivity index (χ2v) is 5.18. The Morgan fingerprint density at radius 3 is 2.47 bits per heavy atom. The van der Waals surface area contributed by atoms with Crippen LogP contribution in [0.5, 0.6) is 11.5 Å². The first-order chi connectivity index (χ1) is 8.79. The van der Waals surface area contributed by atoms with Crippen molar-refractivity contribution in [3.8, 4) is 17.6 Å². The van der Waals surface area contributed by atoms with Gasteiger partial charge in [0.2, 0.25) is 0 Å². The molecule has 1 aromatic carbocycles. The number of Topliss-reactive ketones (excluding diaryl/α,β-unsaturated/α-hetero) is 1. The van der Waals surface area contributed by atoms with E-state index in [0.29, 0.717) is 11.3 Å². The summed E-state index contributed by atoms with van der Waals surface area (Å²) >= 11 is 0. The standard InChI is InChI=1S/C15H17NO3/c1-15(2,3)14(18)11(9-16)7-10-5-6-13(19-4)12(17)8-10/h5-8,17H,1-4H3/b11-7+. The number of phenolic OH excluding ortho intramolecular Hbond substituents is 1. The van der Waals surface area contributed by atoms with Crippen LogP contribution in [0.3, 0.4) is 0 Å². The number of hydrogen-bond acceptors (Lipinski definition) is 4. The van der Waals surface area contributed by atoms with Crippen molar-refractivity contribution in [2.75, 3.05) is 7.11 Å². The molecule has 1 N–H and O–H groups in total. The highest BCUT2D eigenvalue weighted by Crippen LogP contribution is 2.28. The number of methoxy groups -OCH3 is 1. The molecule has 100 valence electrons. The van der Waals surface area contributed by atoms with E-state index < -0.39 is 5.41 Å². The molecule has 4 heteroatoms. The molecule has 0 radical (unpaired) electrons. The van der Waals surface area contributed by atoms with E-state index >= 15 is 0 Å². The number of phenols is 1. The fourth-order valence-corrected chi connectivity index (χ4v) is 1.52. The van der Waals surface area contributed by atoms with Gasteiger partial charge < -0.3 is 9.84 Å². The maximum Gasteiger partial charge on any atom is 0.178 e. The summed E-state index contributed by atoms with van der Waals surface area (Å²) in [6.07, 6.45) is 1.47. The van der Waals surface area contributed by atoms with E-state index in [0.717, 1.165) is 0 Å². The van der Waals surface area contributed by atoms with Crippen molar-refractivity contribution in [2.45, 2.75) is 20.8 Å². The summed E-state index contributed by atoms with van der Waals surface area (Å²) in [6, 6.07) is 6.61. The SMILES string of the molecule is COc1ccc(/C=C(\C#N)C(=O)C(C)(C)C)cc1O. The number of ether oxygens (including phenoxy) is 1. The summed E-state index contributed by atoms with van der Waals surface area (Å²) in [5, 5.41) is 18.7. The van der Waals surface area contributed by atoms with Crippen LogP contribution in [0.1, 0.15) is 26.3 Å². The monoisotopic (exact) mass is 259 g/mol. The molecule has 0 saturated carbocycles. The van der Waals surface area contributed by atoms with Gasteiger partial charge in [0, 0.05) is 5.41 Å². The van der Waals surface area contributed by atoms with E-state index in [1.54, 1.807) is 32.9 Å². The van der Waals surface area contributed by atoms with Crippen molar-refractivity contribution < 1.29 is 14.6 Å². The van der Waals surface area contributed by atoms with Gasteiger partial charge in [-0.1, -0.05) is 26.8 Å². The number of allylic oxidation sites excluding steroid dienone is 1. The maximum atomic E-state index is 12.0. The zero-order valence-corrected chi connectivity index (χ0v) is 11.5. The summed E-state index contributed by atoms with van der Waals surface area (Å²) < 4.78 is 4.93. The Kier molecular flexibility index (Phi) is 4.34. The van der Waals surface area contributed by atoms with E-state index in [4.69, 9.17) is 10.00 Å². The molecular formula is C15H17NO3. The zero-order chi connectivity index (χ0) is 14.6. The van der Waals surface area contributed by atoms with Crippen LogP contribution in [0.25, 0.3) is 6.08 Å². The lowest BCUT2D eigenvalue weighted by Gasteiger charge is -2.15. The van der Waals surface area contributed by atoms with Gasteiger partial charge in [-0.3, -0.25) is 4.79 Å².